The third-order valence-corrected chi connectivity index (χ3v) is 2.94. The van der Waals surface area contributed by atoms with Crippen LogP contribution in [0.15, 0.2) is 17.1 Å². The van der Waals surface area contributed by atoms with Gasteiger partial charge in [0.05, 0.1) is 18.4 Å². The largest absolute Gasteiger partial charge is 0.376 e. The minimum Gasteiger partial charge on any atom is -0.376 e. The molecule has 0 aliphatic carbocycles. The van der Waals surface area contributed by atoms with E-state index < -0.39 is 0 Å². The molecule has 1 unspecified atom stereocenters. The van der Waals surface area contributed by atoms with Crippen LogP contribution in [-0.4, -0.2) is 36.5 Å². The second-order valence-corrected chi connectivity index (χ2v) is 4.69. The lowest BCUT2D eigenvalue weighted by atomic mass is 10.2. The van der Waals surface area contributed by atoms with Gasteiger partial charge in [0.15, 0.2) is 0 Å². The van der Waals surface area contributed by atoms with Crippen molar-refractivity contribution in [3.8, 4) is 0 Å². The van der Waals surface area contributed by atoms with Gasteiger partial charge >= 0.3 is 0 Å². The lowest BCUT2D eigenvalue weighted by Gasteiger charge is -2.18. The third-order valence-electron chi connectivity index (χ3n) is 2.94. The van der Waals surface area contributed by atoms with Gasteiger partial charge in [0, 0.05) is 26.2 Å². The summed E-state index contributed by atoms with van der Waals surface area (Å²) in [4.78, 5) is 13.8. The van der Waals surface area contributed by atoms with Gasteiger partial charge in [-0.05, 0) is 19.4 Å². The molecular formula is C13H24N4O. The Labute approximate surface area is 109 Å². The van der Waals surface area contributed by atoms with Gasteiger partial charge in [-0.2, -0.15) is 5.10 Å². The maximum Gasteiger partial charge on any atom is 0.268 e. The van der Waals surface area contributed by atoms with Crippen LogP contribution in [0.4, 0.5) is 5.69 Å². The Morgan fingerprint density at radius 2 is 2.17 bits per heavy atom. The lowest BCUT2D eigenvalue weighted by Crippen LogP contribution is -2.37. The molecule has 1 aromatic heterocycles. The van der Waals surface area contributed by atoms with Crippen molar-refractivity contribution in [2.75, 3.05) is 25.5 Å². The van der Waals surface area contributed by atoms with E-state index in [1.165, 1.54) is 4.68 Å². The Kier molecular flexibility index (Phi) is 5.85. The highest BCUT2D eigenvalue weighted by Gasteiger charge is 2.08. The summed E-state index contributed by atoms with van der Waals surface area (Å²) in [6.07, 6.45) is 3.82. The first-order valence-electron chi connectivity index (χ1n) is 6.56. The molecule has 1 aromatic rings. The van der Waals surface area contributed by atoms with E-state index in [9.17, 15) is 4.79 Å². The Hall–Kier alpha value is -1.36. The molecule has 0 saturated carbocycles. The predicted molar refractivity (Wildman–Crippen MR) is 75.2 cm³/mol. The fraction of sp³-hybridized carbons (Fsp3) is 0.692. The first-order chi connectivity index (χ1) is 8.58. The van der Waals surface area contributed by atoms with Crippen LogP contribution in [0, 0.1) is 0 Å². The number of rotatable bonds is 7. The van der Waals surface area contributed by atoms with Gasteiger partial charge in [-0.25, -0.2) is 4.68 Å². The van der Waals surface area contributed by atoms with Crippen molar-refractivity contribution in [2.45, 2.75) is 39.3 Å². The predicted octanol–water partition coefficient (Wildman–Crippen LogP) is 1.09. The molecule has 18 heavy (non-hydrogen) atoms. The topological polar surface area (TPSA) is 50.2 Å². The molecule has 102 valence electrons. The number of nitrogens with one attached hydrogen (secondary N) is 1. The molecule has 0 saturated heterocycles. The number of hydrogen-bond acceptors (Lipinski definition) is 4. The standard InChI is InChI=1S/C13H24N4O/c1-5-7-14-11(6-2)10-17-13(18)8-12(9-15-17)16(3)4/h8-9,11,14H,5-7,10H2,1-4H3. The van der Waals surface area contributed by atoms with Gasteiger partial charge in [0.25, 0.3) is 5.56 Å². The quantitative estimate of drug-likeness (QED) is 0.789. The van der Waals surface area contributed by atoms with Gasteiger partial charge in [-0.15, -0.1) is 0 Å². The molecule has 1 heterocycles. The molecule has 0 aliphatic heterocycles. The normalized spacial score (nSPS) is 12.4. The average molecular weight is 252 g/mol. The summed E-state index contributed by atoms with van der Waals surface area (Å²) in [5.41, 5.74) is 0.795. The van der Waals surface area contributed by atoms with Crippen molar-refractivity contribution in [2.24, 2.45) is 0 Å². The summed E-state index contributed by atoms with van der Waals surface area (Å²) in [5, 5.41) is 7.64. The highest BCUT2D eigenvalue weighted by atomic mass is 16.1. The summed E-state index contributed by atoms with van der Waals surface area (Å²) in [5.74, 6) is 0. The van der Waals surface area contributed by atoms with E-state index in [1.807, 2.05) is 19.0 Å². The summed E-state index contributed by atoms with van der Waals surface area (Å²) >= 11 is 0. The van der Waals surface area contributed by atoms with Crippen LogP contribution in [-0.2, 0) is 6.54 Å². The van der Waals surface area contributed by atoms with Gasteiger partial charge < -0.3 is 10.2 Å². The number of nitrogens with zero attached hydrogens (tertiary/aromatic N) is 3. The summed E-state index contributed by atoms with van der Waals surface area (Å²) in [6.45, 7) is 5.86. The average Bonchev–Trinajstić information content (AvgIpc) is 2.35. The summed E-state index contributed by atoms with van der Waals surface area (Å²) in [6, 6.07) is 1.93. The second-order valence-electron chi connectivity index (χ2n) is 4.69. The number of anilines is 1. The first-order valence-corrected chi connectivity index (χ1v) is 6.56. The highest BCUT2D eigenvalue weighted by Crippen LogP contribution is 2.04. The Morgan fingerprint density at radius 1 is 1.44 bits per heavy atom. The fourth-order valence-corrected chi connectivity index (χ4v) is 1.70. The smallest absolute Gasteiger partial charge is 0.268 e. The van der Waals surface area contributed by atoms with Crippen molar-refractivity contribution in [1.29, 1.82) is 0 Å². The van der Waals surface area contributed by atoms with E-state index >= 15 is 0 Å². The van der Waals surface area contributed by atoms with Crippen molar-refractivity contribution in [1.82, 2.24) is 15.1 Å². The summed E-state index contributed by atoms with van der Waals surface area (Å²) < 4.78 is 1.53. The molecule has 0 amide bonds. The van der Waals surface area contributed by atoms with Crippen LogP contribution >= 0.6 is 0 Å². The van der Waals surface area contributed by atoms with E-state index in [0.717, 1.165) is 25.1 Å². The van der Waals surface area contributed by atoms with Crippen LogP contribution in [0.2, 0.25) is 0 Å². The zero-order valence-corrected chi connectivity index (χ0v) is 11.8. The van der Waals surface area contributed by atoms with Gasteiger partial charge in [-0.3, -0.25) is 4.79 Å². The first kappa shape index (κ1) is 14.7. The van der Waals surface area contributed by atoms with Gasteiger partial charge in [0.2, 0.25) is 0 Å². The zero-order chi connectivity index (χ0) is 13.5. The number of hydrogen-bond donors (Lipinski definition) is 1. The van der Waals surface area contributed by atoms with Crippen LogP contribution in [0.25, 0.3) is 0 Å². The fourth-order valence-electron chi connectivity index (χ4n) is 1.70. The number of aromatic nitrogens is 2. The molecule has 5 nitrogen and oxygen atoms in total. The maximum absolute atomic E-state index is 11.9. The molecule has 0 bridgehead atoms. The second kappa shape index (κ2) is 7.16. The van der Waals surface area contributed by atoms with Crippen LogP contribution in [0.3, 0.4) is 0 Å². The van der Waals surface area contributed by atoms with E-state index in [2.05, 4.69) is 24.3 Å². The van der Waals surface area contributed by atoms with Gasteiger partial charge in [0.1, 0.15) is 0 Å². The lowest BCUT2D eigenvalue weighted by molar-refractivity contribution is 0.406. The Morgan fingerprint density at radius 3 is 2.67 bits per heavy atom. The molecule has 5 heteroatoms. The van der Waals surface area contributed by atoms with Gasteiger partial charge in [-0.1, -0.05) is 13.8 Å². The highest BCUT2D eigenvalue weighted by molar-refractivity contribution is 5.40. The van der Waals surface area contributed by atoms with Crippen LogP contribution in [0.5, 0.6) is 0 Å². The minimum absolute atomic E-state index is 0.0436. The zero-order valence-electron chi connectivity index (χ0n) is 11.8. The van der Waals surface area contributed by atoms with E-state index in [0.29, 0.717) is 12.6 Å². The molecule has 0 fully saturated rings. The van der Waals surface area contributed by atoms with Crippen molar-refractivity contribution < 1.29 is 0 Å². The van der Waals surface area contributed by atoms with Crippen molar-refractivity contribution in [3.05, 3.63) is 22.6 Å². The van der Waals surface area contributed by atoms with Crippen molar-refractivity contribution >= 4 is 5.69 Å². The van der Waals surface area contributed by atoms with Crippen LogP contribution < -0.4 is 15.8 Å². The maximum atomic E-state index is 11.9. The summed E-state index contributed by atoms with van der Waals surface area (Å²) in [7, 11) is 3.80. The third kappa shape index (κ3) is 4.14. The molecule has 1 rings (SSSR count). The Balaban J connectivity index is 2.74. The molecule has 0 aliphatic rings. The molecule has 0 spiro atoms. The SMILES string of the molecule is CCCNC(CC)Cn1ncc(N(C)C)cc1=O. The minimum atomic E-state index is -0.0436. The molecule has 1 atom stereocenters. The monoisotopic (exact) mass is 252 g/mol. The van der Waals surface area contributed by atoms with E-state index in [1.54, 1.807) is 12.3 Å². The van der Waals surface area contributed by atoms with E-state index in [4.69, 9.17) is 0 Å². The van der Waals surface area contributed by atoms with Crippen molar-refractivity contribution in [3.63, 3.8) is 0 Å². The van der Waals surface area contributed by atoms with E-state index in [-0.39, 0.29) is 5.56 Å². The molecular weight excluding hydrogens is 228 g/mol. The molecule has 0 radical (unpaired) electrons. The molecule has 0 aromatic carbocycles. The Bertz CT molecular complexity index is 414. The van der Waals surface area contributed by atoms with Crippen LogP contribution in [0.1, 0.15) is 26.7 Å². The molecule has 1 N–H and O–H groups in total.